The van der Waals surface area contributed by atoms with Crippen LogP contribution in [0.1, 0.15) is 26.2 Å². The molecule has 1 fully saturated rings. The summed E-state index contributed by atoms with van der Waals surface area (Å²) in [6, 6.07) is 0.416. The average Bonchev–Trinajstić information content (AvgIpc) is 2.44. The fraction of sp³-hybridized carbons (Fsp3) is 1.00. The highest BCUT2D eigenvalue weighted by Gasteiger charge is 2.26. The SMILES string of the molecule is CN1CCCC(NC(C)(CO)CO)CC1. The molecule has 1 unspecified atom stereocenters. The lowest BCUT2D eigenvalue weighted by Gasteiger charge is -2.31. The Morgan fingerprint density at radius 1 is 1.27 bits per heavy atom. The Morgan fingerprint density at radius 3 is 2.53 bits per heavy atom. The second kappa shape index (κ2) is 5.80. The van der Waals surface area contributed by atoms with E-state index in [9.17, 15) is 10.2 Å². The van der Waals surface area contributed by atoms with Gasteiger partial charge in [-0.05, 0) is 46.3 Å². The molecule has 0 aromatic rings. The Morgan fingerprint density at radius 2 is 1.93 bits per heavy atom. The molecule has 1 rings (SSSR count). The molecule has 0 saturated carbocycles. The maximum atomic E-state index is 9.21. The second-order valence-corrected chi connectivity index (χ2v) is 4.95. The van der Waals surface area contributed by atoms with Crippen LogP contribution in [-0.4, -0.2) is 60.0 Å². The predicted molar refractivity (Wildman–Crippen MR) is 60.8 cm³/mol. The Labute approximate surface area is 92.3 Å². The van der Waals surface area contributed by atoms with E-state index in [-0.39, 0.29) is 13.2 Å². The van der Waals surface area contributed by atoms with E-state index >= 15 is 0 Å². The van der Waals surface area contributed by atoms with Crippen LogP contribution in [0.15, 0.2) is 0 Å². The van der Waals surface area contributed by atoms with Crippen LogP contribution >= 0.6 is 0 Å². The van der Waals surface area contributed by atoms with Crippen LogP contribution in [0.4, 0.5) is 0 Å². The standard InChI is InChI=1S/C11H24N2O2/c1-11(8-14,9-15)12-10-4-3-6-13(2)7-5-10/h10,12,14-15H,3-9H2,1-2H3. The molecule has 0 amide bonds. The van der Waals surface area contributed by atoms with Crippen LogP contribution < -0.4 is 5.32 Å². The number of aliphatic hydroxyl groups is 2. The molecular weight excluding hydrogens is 192 g/mol. The highest BCUT2D eigenvalue weighted by Crippen LogP contribution is 2.13. The fourth-order valence-electron chi connectivity index (χ4n) is 2.02. The number of likely N-dealkylation sites (tertiary alicyclic amines) is 1. The summed E-state index contributed by atoms with van der Waals surface area (Å²) < 4.78 is 0. The normalized spacial score (nSPS) is 25.2. The van der Waals surface area contributed by atoms with Gasteiger partial charge in [-0.3, -0.25) is 0 Å². The van der Waals surface area contributed by atoms with Gasteiger partial charge in [-0.1, -0.05) is 0 Å². The fourth-order valence-corrected chi connectivity index (χ4v) is 2.02. The molecule has 1 atom stereocenters. The molecule has 15 heavy (non-hydrogen) atoms. The summed E-state index contributed by atoms with van der Waals surface area (Å²) >= 11 is 0. The Hall–Kier alpha value is -0.160. The molecule has 0 aliphatic carbocycles. The van der Waals surface area contributed by atoms with Gasteiger partial charge in [0.25, 0.3) is 0 Å². The lowest BCUT2D eigenvalue weighted by molar-refractivity contribution is 0.0918. The van der Waals surface area contributed by atoms with Gasteiger partial charge in [0.1, 0.15) is 0 Å². The van der Waals surface area contributed by atoms with E-state index in [1.807, 2.05) is 6.92 Å². The molecule has 0 aromatic heterocycles. The van der Waals surface area contributed by atoms with Gasteiger partial charge in [0, 0.05) is 6.04 Å². The third kappa shape index (κ3) is 4.07. The first-order valence-corrected chi connectivity index (χ1v) is 5.77. The molecule has 1 aliphatic heterocycles. The van der Waals surface area contributed by atoms with E-state index in [0.29, 0.717) is 6.04 Å². The van der Waals surface area contributed by atoms with Crippen molar-refractivity contribution in [1.82, 2.24) is 10.2 Å². The molecule has 90 valence electrons. The van der Waals surface area contributed by atoms with Crippen molar-refractivity contribution in [2.75, 3.05) is 33.4 Å². The highest BCUT2D eigenvalue weighted by atomic mass is 16.3. The van der Waals surface area contributed by atoms with Crippen molar-refractivity contribution in [1.29, 1.82) is 0 Å². The molecule has 3 N–H and O–H groups in total. The van der Waals surface area contributed by atoms with Gasteiger partial charge in [0.15, 0.2) is 0 Å². The van der Waals surface area contributed by atoms with Crippen molar-refractivity contribution < 1.29 is 10.2 Å². The van der Waals surface area contributed by atoms with Crippen molar-refractivity contribution in [3.63, 3.8) is 0 Å². The summed E-state index contributed by atoms with van der Waals surface area (Å²) in [5.41, 5.74) is -0.534. The number of nitrogens with zero attached hydrogens (tertiary/aromatic N) is 1. The summed E-state index contributed by atoms with van der Waals surface area (Å²) in [7, 11) is 2.14. The van der Waals surface area contributed by atoms with Crippen molar-refractivity contribution in [3.05, 3.63) is 0 Å². The van der Waals surface area contributed by atoms with Gasteiger partial charge in [-0.2, -0.15) is 0 Å². The maximum Gasteiger partial charge on any atom is 0.0633 e. The topological polar surface area (TPSA) is 55.7 Å². The van der Waals surface area contributed by atoms with Crippen LogP contribution in [0.25, 0.3) is 0 Å². The third-order valence-electron chi connectivity index (χ3n) is 3.20. The van der Waals surface area contributed by atoms with Crippen LogP contribution in [0.2, 0.25) is 0 Å². The molecule has 0 aromatic carbocycles. The monoisotopic (exact) mass is 216 g/mol. The summed E-state index contributed by atoms with van der Waals surface area (Å²) in [6.45, 7) is 4.06. The predicted octanol–water partition coefficient (Wildman–Crippen LogP) is -0.196. The van der Waals surface area contributed by atoms with Crippen LogP contribution in [0, 0.1) is 0 Å². The van der Waals surface area contributed by atoms with Crippen molar-refractivity contribution >= 4 is 0 Å². The quantitative estimate of drug-likeness (QED) is 0.609. The molecule has 4 nitrogen and oxygen atoms in total. The lowest BCUT2D eigenvalue weighted by Crippen LogP contribution is -2.53. The first kappa shape index (κ1) is 12.9. The van der Waals surface area contributed by atoms with Crippen LogP contribution in [-0.2, 0) is 0 Å². The maximum absolute atomic E-state index is 9.21. The van der Waals surface area contributed by atoms with E-state index in [4.69, 9.17) is 0 Å². The number of aliphatic hydroxyl groups excluding tert-OH is 2. The second-order valence-electron chi connectivity index (χ2n) is 4.95. The Kier molecular flexibility index (Phi) is 4.99. The van der Waals surface area contributed by atoms with Crippen molar-refractivity contribution in [2.24, 2.45) is 0 Å². The van der Waals surface area contributed by atoms with E-state index in [1.165, 1.54) is 6.42 Å². The summed E-state index contributed by atoms with van der Waals surface area (Å²) in [5.74, 6) is 0. The first-order chi connectivity index (χ1) is 7.09. The Balaban J connectivity index is 2.43. The molecular formula is C11H24N2O2. The first-order valence-electron chi connectivity index (χ1n) is 5.77. The summed E-state index contributed by atoms with van der Waals surface area (Å²) in [6.07, 6.45) is 3.40. The molecule has 1 aliphatic rings. The zero-order valence-corrected chi connectivity index (χ0v) is 9.87. The van der Waals surface area contributed by atoms with Crippen LogP contribution in [0.5, 0.6) is 0 Å². The zero-order chi connectivity index (χ0) is 11.3. The smallest absolute Gasteiger partial charge is 0.0633 e. The number of nitrogens with one attached hydrogen (secondary N) is 1. The van der Waals surface area contributed by atoms with E-state index in [0.717, 1.165) is 25.9 Å². The van der Waals surface area contributed by atoms with E-state index < -0.39 is 5.54 Å². The number of rotatable bonds is 4. The minimum absolute atomic E-state index is 0.0180. The largest absolute Gasteiger partial charge is 0.394 e. The summed E-state index contributed by atoms with van der Waals surface area (Å²) in [5, 5.41) is 21.8. The summed E-state index contributed by atoms with van der Waals surface area (Å²) in [4.78, 5) is 2.33. The van der Waals surface area contributed by atoms with Gasteiger partial charge < -0.3 is 20.4 Å². The molecule has 1 saturated heterocycles. The van der Waals surface area contributed by atoms with Crippen molar-refractivity contribution in [3.8, 4) is 0 Å². The van der Waals surface area contributed by atoms with Gasteiger partial charge in [-0.25, -0.2) is 0 Å². The third-order valence-corrected chi connectivity index (χ3v) is 3.20. The molecule has 0 radical (unpaired) electrons. The van der Waals surface area contributed by atoms with E-state index in [1.54, 1.807) is 0 Å². The average molecular weight is 216 g/mol. The minimum Gasteiger partial charge on any atom is -0.394 e. The van der Waals surface area contributed by atoms with Gasteiger partial charge >= 0.3 is 0 Å². The van der Waals surface area contributed by atoms with Gasteiger partial charge in [0.05, 0.1) is 18.8 Å². The zero-order valence-electron chi connectivity index (χ0n) is 9.87. The van der Waals surface area contributed by atoms with Gasteiger partial charge in [0.2, 0.25) is 0 Å². The molecule has 4 heteroatoms. The van der Waals surface area contributed by atoms with Crippen LogP contribution in [0.3, 0.4) is 0 Å². The molecule has 0 bridgehead atoms. The number of hydrogen-bond acceptors (Lipinski definition) is 4. The minimum atomic E-state index is -0.534. The molecule has 1 heterocycles. The van der Waals surface area contributed by atoms with E-state index in [2.05, 4.69) is 17.3 Å². The highest BCUT2D eigenvalue weighted by molar-refractivity contribution is 4.86. The lowest BCUT2D eigenvalue weighted by atomic mass is 10.0. The van der Waals surface area contributed by atoms with Gasteiger partial charge in [-0.15, -0.1) is 0 Å². The molecule has 0 spiro atoms. The number of hydrogen-bond donors (Lipinski definition) is 3. The Bertz CT molecular complexity index is 183. The van der Waals surface area contributed by atoms with Crippen molar-refractivity contribution in [2.45, 2.75) is 37.8 Å².